The molecule has 0 bridgehead atoms. The van der Waals surface area contributed by atoms with E-state index in [4.69, 9.17) is 9.84 Å². The van der Waals surface area contributed by atoms with Gasteiger partial charge in [0.25, 0.3) is 5.69 Å². The Kier molecular flexibility index (Phi) is 5.65. The Labute approximate surface area is 132 Å². The van der Waals surface area contributed by atoms with Crippen LogP contribution in [0.2, 0.25) is 0 Å². The molecule has 0 aliphatic rings. The highest BCUT2D eigenvalue weighted by atomic mass is 16.6. The second-order valence-electron chi connectivity index (χ2n) is 4.72. The lowest BCUT2D eigenvalue weighted by atomic mass is 10.1. The molecule has 0 amide bonds. The van der Waals surface area contributed by atoms with Gasteiger partial charge in [-0.15, -0.1) is 0 Å². The summed E-state index contributed by atoms with van der Waals surface area (Å²) >= 11 is 0. The lowest BCUT2D eigenvalue weighted by Crippen LogP contribution is -2.09. The van der Waals surface area contributed by atoms with Crippen molar-refractivity contribution in [2.45, 2.75) is 6.54 Å². The molecule has 0 aliphatic carbocycles. The second kappa shape index (κ2) is 7.90. The SMILES string of the molecule is O=C(OCCO)c1cccc(NCc2ccc([N+](=O)[O-])cc2)c1. The molecule has 0 heterocycles. The number of rotatable bonds is 7. The molecule has 0 unspecified atom stereocenters. The zero-order chi connectivity index (χ0) is 16.7. The second-order valence-corrected chi connectivity index (χ2v) is 4.72. The molecule has 0 saturated carbocycles. The van der Waals surface area contributed by atoms with Gasteiger partial charge in [0.1, 0.15) is 6.61 Å². The number of benzene rings is 2. The zero-order valence-corrected chi connectivity index (χ0v) is 12.3. The minimum atomic E-state index is -0.502. The number of aliphatic hydroxyl groups excluding tert-OH is 1. The number of ether oxygens (including phenoxy) is 1. The number of nitro benzene ring substituents is 1. The van der Waals surface area contributed by atoms with E-state index in [1.165, 1.54) is 12.1 Å². The van der Waals surface area contributed by atoms with Gasteiger partial charge in [0.15, 0.2) is 0 Å². The number of hydrogen-bond donors (Lipinski definition) is 2. The van der Waals surface area contributed by atoms with E-state index < -0.39 is 10.9 Å². The van der Waals surface area contributed by atoms with Gasteiger partial charge in [-0.1, -0.05) is 18.2 Å². The molecule has 0 saturated heterocycles. The van der Waals surface area contributed by atoms with Gasteiger partial charge >= 0.3 is 5.97 Å². The van der Waals surface area contributed by atoms with Crippen LogP contribution in [0.1, 0.15) is 15.9 Å². The molecule has 2 aromatic rings. The molecule has 2 rings (SSSR count). The summed E-state index contributed by atoms with van der Waals surface area (Å²) in [4.78, 5) is 21.9. The number of nitrogens with one attached hydrogen (secondary N) is 1. The normalized spacial score (nSPS) is 10.1. The number of hydrogen-bond acceptors (Lipinski definition) is 6. The van der Waals surface area contributed by atoms with Gasteiger partial charge in [-0.2, -0.15) is 0 Å². The first kappa shape index (κ1) is 16.4. The van der Waals surface area contributed by atoms with E-state index in [-0.39, 0.29) is 18.9 Å². The molecule has 0 aliphatic heterocycles. The predicted octanol–water partition coefficient (Wildman–Crippen LogP) is 2.36. The maximum absolute atomic E-state index is 11.7. The van der Waals surface area contributed by atoms with Gasteiger partial charge in [-0.3, -0.25) is 10.1 Å². The van der Waals surface area contributed by atoms with Crippen molar-refractivity contribution in [1.29, 1.82) is 0 Å². The maximum Gasteiger partial charge on any atom is 0.338 e. The summed E-state index contributed by atoms with van der Waals surface area (Å²) in [5.41, 5.74) is 2.03. The van der Waals surface area contributed by atoms with Crippen molar-refractivity contribution in [1.82, 2.24) is 0 Å². The van der Waals surface area contributed by atoms with Crippen LogP contribution in [0.4, 0.5) is 11.4 Å². The first-order valence-corrected chi connectivity index (χ1v) is 6.95. The van der Waals surface area contributed by atoms with Gasteiger partial charge in [0.2, 0.25) is 0 Å². The van der Waals surface area contributed by atoms with Crippen molar-refractivity contribution in [3.8, 4) is 0 Å². The molecule has 23 heavy (non-hydrogen) atoms. The summed E-state index contributed by atoms with van der Waals surface area (Å²) in [5, 5.41) is 22.4. The molecule has 7 heteroatoms. The Morgan fingerprint density at radius 2 is 1.96 bits per heavy atom. The smallest absolute Gasteiger partial charge is 0.338 e. The average Bonchev–Trinajstić information content (AvgIpc) is 2.58. The monoisotopic (exact) mass is 316 g/mol. The standard InChI is InChI=1S/C16H16N2O5/c19-8-9-23-16(20)13-2-1-3-14(10-13)17-11-12-4-6-15(7-5-12)18(21)22/h1-7,10,17,19H,8-9,11H2. The molecular weight excluding hydrogens is 300 g/mol. The summed E-state index contributed by atoms with van der Waals surface area (Å²) in [6.07, 6.45) is 0. The molecule has 120 valence electrons. The number of carbonyl (C=O) groups excluding carboxylic acids is 1. The summed E-state index contributed by atoms with van der Waals surface area (Å²) < 4.78 is 4.85. The number of nitrogens with zero attached hydrogens (tertiary/aromatic N) is 1. The van der Waals surface area contributed by atoms with Crippen LogP contribution in [0.25, 0.3) is 0 Å². The highest BCUT2D eigenvalue weighted by Crippen LogP contribution is 2.15. The van der Waals surface area contributed by atoms with Gasteiger partial charge in [-0.05, 0) is 23.8 Å². The molecule has 0 fully saturated rings. The number of nitro groups is 1. The van der Waals surface area contributed by atoms with E-state index >= 15 is 0 Å². The number of anilines is 1. The Balaban J connectivity index is 1.97. The van der Waals surface area contributed by atoms with Crippen molar-refractivity contribution in [3.63, 3.8) is 0 Å². The third kappa shape index (κ3) is 4.79. The highest BCUT2D eigenvalue weighted by molar-refractivity contribution is 5.90. The van der Waals surface area contributed by atoms with Crippen LogP contribution >= 0.6 is 0 Å². The van der Waals surface area contributed by atoms with Crippen molar-refractivity contribution >= 4 is 17.3 Å². The summed E-state index contributed by atoms with van der Waals surface area (Å²) in [6, 6.07) is 13.0. The summed E-state index contributed by atoms with van der Waals surface area (Å²) in [7, 11) is 0. The van der Waals surface area contributed by atoms with Crippen LogP contribution in [0, 0.1) is 10.1 Å². The minimum Gasteiger partial charge on any atom is -0.460 e. The van der Waals surface area contributed by atoms with Crippen LogP contribution in [-0.2, 0) is 11.3 Å². The lowest BCUT2D eigenvalue weighted by molar-refractivity contribution is -0.384. The topological polar surface area (TPSA) is 102 Å². The van der Waals surface area contributed by atoms with Crippen LogP contribution in [0.15, 0.2) is 48.5 Å². The number of esters is 1. The van der Waals surface area contributed by atoms with Crippen LogP contribution < -0.4 is 5.32 Å². The van der Waals surface area contributed by atoms with Crippen molar-refractivity contribution in [2.75, 3.05) is 18.5 Å². The van der Waals surface area contributed by atoms with Gasteiger partial charge < -0.3 is 15.2 Å². The molecule has 2 N–H and O–H groups in total. The molecule has 0 radical (unpaired) electrons. The summed E-state index contributed by atoms with van der Waals surface area (Å²) in [5.74, 6) is -0.502. The van der Waals surface area contributed by atoms with Gasteiger partial charge in [0.05, 0.1) is 17.1 Å². The third-order valence-electron chi connectivity index (χ3n) is 3.07. The fourth-order valence-corrected chi connectivity index (χ4v) is 1.92. The number of aliphatic hydroxyl groups is 1. The Bertz CT molecular complexity index is 685. The van der Waals surface area contributed by atoms with Crippen LogP contribution in [-0.4, -0.2) is 29.2 Å². The quantitative estimate of drug-likeness (QED) is 0.462. The van der Waals surface area contributed by atoms with E-state index in [0.29, 0.717) is 12.1 Å². The zero-order valence-electron chi connectivity index (χ0n) is 12.3. The first-order chi connectivity index (χ1) is 11.1. The van der Waals surface area contributed by atoms with E-state index in [0.717, 1.165) is 11.3 Å². The number of carbonyl (C=O) groups is 1. The van der Waals surface area contributed by atoms with Crippen LogP contribution in [0.5, 0.6) is 0 Å². The average molecular weight is 316 g/mol. The Morgan fingerprint density at radius 1 is 1.22 bits per heavy atom. The fraction of sp³-hybridized carbons (Fsp3) is 0.188. The lowest BCUT2D eigenvalue weighted by Gasteiger charge is -2.08. The van der Waals surface area contributed by atoms with E-state index in [1.54, 1.807) is 36.4 Å². The van der Waals surface area contributed by atoms with E-state index in [1.807, 2.05) is 0 Å². The van der Waals surface area contributed by atoms with Crippen molar-refractivity contribution in [2.24, 2.45) is 0 Å². The Morgan fingerprint density at radius 3 is 2.61 bits per heavy atom. The van der Waals surface area contributed by atoms with Crippen LogP contribution in [0.3, 0.4) is 0 Å². The highest BCUT2D eigenvalue weighted by Gasteiger charge is 2.08. The van der Waals surface area contributed by atoms with Gasteiger partial charge in [-0.25, -0.2) is 4.79 Å². The molecule has 2 aromatic carbocycles. The third-order valence-corrected chi connectivity index (χ3v) is 3.07. The van der Waals surface area contributed by atoms with Crippen molar-refractivity contribution < 1.29 is 19.6 Å². The van der Waals surface area contributed by atoms with E-state index in [2.05, 4.69) is 5.32 Å². The molecule has 7 nitrogen and oxygen atoms in total. The molecule has 0 spiro atoms. The maximum atomic E-state index is 11.7. The fourth-order valence-electron chi connectivity index (χ4n) is 1.92. The Hall–Kier alpha value is -2.93. The molecule has 0 atom stereocenters. The molecular formula is C16H16N2O5. The summed E-state index contributed by atoms with van der Waals surface area (Å²) in [6.45, 7) is 0.205. The number of non-ortho nitro benzene ring substituents is 1. The molecule has 0 aromatic heterocycles. The van der Waals surface area contributed by atoms with E-state index in [9.17, 15) is 14.9 Å². The van der Waals surface area contributed by atoms with Crippen molar-refractivity contribution in [3.05, 3.63) is 69.8 Å². The first-order valence-electron chi connectivity index (χ1n) is 6.95. The minimum absolute atomic E-state index is 0.0424. The predicted molar refractivity (Wildman–Crippen MR) is 84.2 cm³/mol. The van der Waals surface area contributed by atoms with Gasteiger partial charge in [0, 0.05) is 24.4 Å². The largest absolute Gasteiger partial charge is 0.460 e.